The van der Waals surface area contributed by atoms with Gasteiger partial charge in [0, 0.05) is 18.2 Å². The first-order valence-corrected chi connectivity index (χ1v) is 13.6. The van der Waals surface area contributed by atoms with Crippen LogP contribution >= 0.6 is 0 Å². The van der Waals surface area contributed by atoms with Gasteiger partial charge in [-0.3, -0.25) is 13.9 Å². The quantitative estimate of drug-likeness (QED) is 0.520. The highest BCUT2D eigenvalue weighted by Crippen LogP contribution is 2.36. The van der Waals surface area contributed by atoms with Gasteiger partial charge in [-0.15, -0.1) is 0 Å². The Balaban J connectivity index is 1.89. The number of fused-ring (bicyclic) bond motifs is 1. The van der Waals surface area contributed by atoms with E-state index in [4.69, 9.17) is 9.47 Å². The smallest absolute Gasteiger partial charge is 0.244 e. The number of benzene rings is 2. The molecule has 10 heteroatoms. The number of nitrogens with zero attached hydrogens (tertiary/aromatic N) is 2. The van der Waals surface area contributed by atoms with Crippen LogP contribution in [0.1, 0.15) is 40.2 Å². The summed E-state index contributed by atoms with van der Waals surface area (Å²) in [5.74, 6) is -0.0567. The van der Waals surface area contributed by atoms with Gasteiger partial charge in [-0.05, 0) is 58.7 Å². The molecule has 2 aromatic carbocycles. The van der Waals surface area contributed by atoms with E-state index < -0.39 is 34.1 Å². The summed E-state index contributed by atoms with van der Waals surface area (Å²) in [5, 5.41) is 2.91. The van der Waals surface area contributed by atoms with Gasteiger partial charge in [0.25, 0.3) is 0 Å². The number of hydrogen-bond donors (Lipinski definition) is 1. The van der Waals surface area contributed by atoms with Crippen molar-refractivity contribution >= 4 is 27.5 Å². The van der Waals surface area contributed by atoms with E-state index >= 15 is 0 Å². The summed E-state index contributed by atoms with van der Waals surface area (Å²) in [6.45, 7) is 8.62. The second-order valence-corrected chi connectivity index (χ2v) is 11.9. The topological polar surface area (TPSA) is 105 Å². The van der Waals surface area contributed by atoms with Gasteiger partial charge in [0.15, 0.2) is 11.5 Å². The molecule has 0 unspecified atom stereocenters. The third-order valence-electron chi connectivity index (χ3n) is 5.77. The Labute approximate surface area is 213 Å². The highest BCUT2D eigenvalue weighted by Gasteiger charge is 2.32. The first-order valence-electron chi connectivity index (χ1n) is 12.0. The number of carbonyl (C=O) groups is 2. The van der Waals surface area contributed by atoms with E-state index in [1.165, 1.54) is 11.8 Å². The molecule has 2 aromatic rings. The summed E-state index contributed by atoms with van der Waals surface area (Å²) >= 11 is 0. The largest absolute Gasteiger partial charge is 0.454 e. The van der Waals surface area contributed by atoms with Gasteiger partial charge < -0.3 is 19.7 Å². The average Bonchev–Trinajstić information content (AvgIpc) is 3.30. The maximum Gasteiger partial charge on any atom is 0.244 e. The van der Waals surface area contributed by atoms with E-state index in [1.54, 1.807) is 25.1 Å². The average molecular weight is 518 g/mol. The van der Waals surface area contributed by atoms with E-state index in [1.807, 2.05) is 51.1 Å². The van der Waals surface area contributed by atoms with Crippen LogP contribution in [0.3, 0.4) is 0 Å². The number of sulfonamides is 1. The molecule has 0 saturated heterocycles. The van der Waals surface area contributed by atoms with E-state index in [9.17, 15) is 18.0 Å². The summed E-state index contributed by atoms with van der Waals surface area (Å²) in [6.07, 6.45) is 0.518. The Bertz CT molecular complexity index is 1180. The summed E-state index contributed by atoms with van der Waals surface area (Å²) in [5.41, 5.74) is 0.820. The molecule has 1 N–H and O–H groups in total. The second kappa shape index (κ2) is 11.2. The Kier molecular flexibility index (Phi) is 8.50. The zero-order valence-electron chi connectivity index (χ0n) is 21.5. The minimum atomic E-state index is -3.81. The summed E-state index contributed by atoms with van der Waals surface area (Å²) in [6, 6.07) is 13.6. The molecule has 1 heterocycles. The Morgan fingerprint density at radius 2 is 1.72 bits per heavy atom. The van der Waals surface area contributed by atoms with Crippen LogP contribution in [-0.2, 0) is 26.0 Å². The fourth-order valence-electron chi connectivity index (χ4n) is 3.80. The molecule has 0 bridgehead atoms. The summed E-state index contributed by atoms with van der Waals surface area (Å²) < 4.78 is 37.9. The number of nitrogens with one attached hydrogen (secondary N) is 1. The normalized spacial score (nSPS) is 13.7. The Hall–Kier alpha value is -3.27. The van der Waals surface area contributed by atoms with E-state index in [0.29, 0.717) is 23.6 Å². The predicted molar refractivity (Wildman–Crippen MR) is 139 cm³/mol. The molecule has 36 heavy (non-hydrogen) atoms. The van der Waals surface area contributed by atoms with Crippen molar-refractivity contribution in [1.82, 2.24) is 10.2 Å². The molecule has 196 valence electrons. The lowest BCUT2D eigenvalue weighted by Gasteiger charge is -2.33. The minimum Gasteiger partial charge on any atom is -0.454 e. The Morgan fingerprint density at radius 3 is 2.36 bits per heavy atom. The molecule has 2 amide bonds. The van der Waals surface area contributed by atoms with Gasteiger partial charge in [0.05, 0.1) is 11.4 Å². The van der Waals surface area contributed by atoms with Crippen LogP contribution in [0.2, 0.25) is 0 Å². The van der Waals surface area contributed by atoms with Gasteiger partial charge in [-0.1, -0.05) is 30.3 Å². The van der Waals surface area contributed by atoms with Crippen LogP contribution in [0.15, 0.2) is 48.5 Å². The molecule has 9 nitrogen and oxygen atoms in total. The third-order valence-corrected chi connectivity index (χ3v) is 7.51. The Morgan fingerprint density at radius 1 is 1.06 bits per heavy atom. The SMILES string of the molecule is CCS(=O)(=O)N(CC(=O)N(CCc1ccccc1)[C@H](C)C(=O)NC(C)(C)C)c1ccc2c(c1)OCO2. The number of amides is 2. The van der Waals surface area contributed by atoms with Crippen LogP contribution in [0, 0.1) is 0 Å². The fourth-order valence-corrected chi connectivity index (χ4v) is 4.86. The molecule has 1 atom stereocenters. The lowest BCUT2D eigenvalue weighted by Crippen LogP contribution is -2.55. The highest BCUT2D eigenvalue weighted by molar-refractivity contribution is 7.92. The molecule has 1 aliphatic heterocycles. The molecule has 0 fully saturated rings. The molecule has 1 aliphatic rings. The lowest BCUT2D eigenvalue weighted by atomic mass is 10.1. The van der Waals surface area contributed by atoms with Crippen molar-refractivity contribution in [2.75, 3.05) is 29.9 Å². The lowest BCUT2D eigenvalue weighted by molar-refractivity contribution is -0.139. The highest BCUT2D eigenvalue weighted by atomic mass is 32.2. The predicted octanol–water partition coefficient (Wildman–Crippen LogP) is 2.95. The third kappa shape index (κ3) is 6.90. The van der Waals surface area contributed by atoms with Crippen molar-refractivity contribution in [3.63, 3.8) is 0 Å². The van der Waals surface area contributed by atoms with Crippen LogP contribution in [0.25, 0.3) is 0 Å². The zero-order valence-corrected chi connectivity index (χ0v) is 22.3. The van der Waals surface area contributed by atoms with E-state index in [0.717, 1.165) is 9.87 Å². The number of anilines is 1. The summed E-state index contributed by atoms with van der Waals surface area (Å²) in [4.78, 5) is 28.1. The monoisotopic (exact) mass is 517 g/mol. The van der Waals surface area contributed by atoms with Gasteiger partial charge in [0.1, 0.15) is 12.6 Å². The molecular formula is C26H35N3O6S. The maximum absolute atomic E-state index is 13.6. The van der Waals surface area contributed by atoms with Crippen LogP contribution in [0.4, 0.5) is 5.69 Å². The standard InChI is InChI=1S/C26H35N3O6S/c1-6-36(32,33)29(21-12-13-22-23(16-21)35-18-34-22)17-24(30)28(15-14-20-10-8-7-9-11-20)19(2)25(31)27-26(3,4)5/h7-13,16,19H,6,14-15,17-18H2,1-5H3,(H,27,31)/t19-/m1/s1. The van der Waals surface area contributed by atoms with Crippen molar-refractivity contribution < 1.29 is 27.5 Å². The van der Waals surface area contributed by atoms with Crippen LogP contribution in [-0.4, -0.2) is 62.3 Å². The molecule has 0 aromatic heterocycles. The zero-order chi connectivity index (χ0) is 26.5. The number of ether oxygens (including phenoxy) is 2. The first kappa shape index (κ1) is 27.3. The summed E-state index contributed by atoms with van der Waals surface area (Å²) in [7, 11) is -3.81. The van der Waals surface area contributed by atoms with Gasteiger partial charge in [0.2, 0.25) is 28.6 Å². The molecule has 0 spiro atoms. The van der Waals surface area contributed by atoms with Crippen LogP contribution in [0.5, 0.6) is 11.5 Å². The number of rotatable bonds is 10. The van der Waals surface area contributed by atoms with E-state index in [-0.39, 0.29) is 25.0 Å². The van der Waals surface area contributed by atoms with Crippen LogP contribution < -0.4 is 19.1 Å². The molecular weight excluding hydrogens is 482 g/mol. The van der Waals surface area contributed by atoms with Gasteiger partial charge in [-0.25, -0.2) is 8.42 Å². The maximum atomic E-state index is 13.6. The van der Waals surface area contributed by atoms with Gasteiger partial charge >= 0.3 is 0 Å². The molecule has 0 aliphatic carbocycles. The van der Waals surface area contributed by atoms with Crippen molar-refractivity contribution in [2.24, 2.45) is 0 Å². The van der Waals surface area contributed by atoms with Crippen molar-refractivity contribution in [2.45, 2.75) is 52.6 Å². The minimum absolute atomic E-state index is 0.0475. The van der Waals surface area contributed by atoms with Gasteiger partial charge in [-0.2, -0.15) is 0 Å². The van der Waals surface area contributed by atoms with Crippen molar-refractivity contribution in [3.8, 4) is 11.5 Å². The van der Waals surface area contributed by atoms with E-state index in [2.05, 4.69) is 5.32 Å². The number of hydrogen-bond acceptors (Lipinski definition) is 6. The molecule has 0 radical (unpaired) electrons. The fraction of sp³-hybridized carbons (Fsp3) is 0.462. The first-order chi connectivity index (χ1) is 16.9. The van der Waals surface area contributed by atoms with Crippen molar-refractivity contribution in [1.29, 1.82) is 0 Å². The second-order valence-electron chi connectivity index (χ2n) is 9.68. The molecule has 3 rings (SSSR count). The van der Waals surface area contributed by atoms with Crippen molar-refractivity contribution in [3.05, 3.63) is 54.1 Å². The molecule has 0 saturated carbocycles. The number of carbonyl (C=O) groups excluding carboxylic acids is 2.